The first kappa shape index (κ1) is 16.6. The van der Waals surface area contributed by atoms with E-state index >= 15 is 0 Å². The van der Waals surface area contributed by atoms with Crippen molar-refractivity contribution < 1.29 is 22.7 Å². The number of alkyl halides is 3. The van der Waals surface area contributed by atoms with E-state index in [9.17, 15) is 18.0 Å². The number of nitrogens with two attached hydrogens (primary N) is 1. The second-order valence-corrected chi connectivity index (χ2v) is 4.68. The third-order valence-electron chi connectivity index (χ3n) is 2.85. The Labute approximate surface area is 130 Å². The number of primary amides is 1. The largest absolute Gasteiger partial charge is 0.468 e. The van der Waals surface area contributed by atoms with Gasteiger partial charge in [-0.25, -0.2) is 4.98 Å². The van der Waals surface area contributed by atoms with Crippen molar-refractivity contribution in [2.75, 3.05) is 11.9 Å². The third kappa shape index (κ3) is 5.17. The average molecular weight is 325 g/mol. The maximum absolute atomic E-state index is 12.1. The molecule has 0 bridgehead atoms. The average Bonchev–Trinajstić information content (AvgIpc) is 2.51. The molecule has 0 spiro atoms. The smallest absolute Gasteiger partial charge is 0.422 e. The van der Waals surface area contributed by atoms with Crippen LogP contribution in [0.15, 0.2) is 48.7 Å². The highest BCUT2D eigenvalue weighted by Crippen LogP contribution is 2.21. The molecule has 0 aliphatic carbocycles. The minimum absolute atomic E-state index is 0.164. The zero-order valence-corrected chi connectivity index (χ0v) is 11.9. The summed E-state index contributed by atoms with van der Waals surface area (Å²) in [6.45, 7) is -1.42. The summed E-state index contributed by atoms with van der Waals surface area (Å²) in [5, 5.41) is 2.88. The lowest BCUT2D eigenvalue weighted by atomic mass is 10.1. The molecule has 2 aromatic rings. The molecule has 2 rings (SSSR count). The molecule has 0 fully saturated rings. The summed E-state index contributed by atoms with van der Waals surface area (Å²) in [5.74, 6) is -0.753. The van der Waals surface area contributed by atoms with Crippen LogP contribution in [0.4, 0.5) is 18.9 Å². The molecule has 1 unspecified atom stereocenters. The van der Waals surface area contributed by atoms with Crippen LogP contribution in [-0.2, 0) is 4.79 Å². The molecule has 0 aliphatic heterocycles. The topological polar surface area (TPSA) is 77.2 Å². The van der Waals surface area contributed by atoms with Crippen LogP contribution in [0.1, 0.15) is 11.6 Å². The number of carbonyl (C=O) groups excluding carboxylic acids is 1. The lowest BCUT2D eigenvalue weighted by Gasteiger charge is -2.17. The molecular formula is C15H14F3N3O2. The standard InChI is InChI=1S/C15H14F3N3O2/c16-15(17,18)9-23-12-7-6-11(8-20-12)21-13(14(19)22)10-4-2-1-3-5-10/h1-8,13,21H,9H2,(H2,19,22). The van der Waals surface area contributed by atoms with E-state index in [4.69, 9.17) is 5.73 Å². The molecule has 1 amide bonds. The van der Waals surface area contributed by atoms with Crippen LogP contribution >= 0.6 is 0 Å². The minimum Gasteiger partial charge on any atom is -0.468 e. The third-order valence-corrected chi connectivity index (χ3v) is 2.85. The number of hydrogen-bond donors (Lipinski definition) is 2. The van der Waals surface area contributed by atoms with Gasteiger partial charge in [0.15, 0.2) is 6.61 Å². The molecule has 0 aliphatic rings. The highest BCUT2D eigenvalue weighted by atomic mass is 19.4. The van der Waals surface area contributed by atoms with E-state index in [0.29, 0.717) is 11.3 Å². The van der Waals surface area contributed by atoms with Crippen molar-refractivity contribution in [2.45, 2.75) is 12.2 Å². The Kier molecular flexibility index (Phi) is 5.05. The Bertz CT molecular complexity index is 645. The number of aromatic nitrogens is 1. The maximum Gasteiger partial charge on any atom is 0.422 e. The minimum atomic E-state index is -4.43. The molecular weight excluding hydrogens is 311 g/mol. The van der Waals surface area contributed by atoms with Gasteiger partial charge in [0.1, 0.15) is 6.04 Å². The van der Waals surface area contributed by atoms with Crippen LogP contribution < -0.4 is 15.8 Å². The van der Waals surface area contributed by atoms with Gasteiger partial charge < -0.3 is 15.8 Å². The van der Waals surface area contributed by atoms with Crippen molar-refractivity contribution in [3.63, 3.8) is 0 Å². The van der Waals surface area contributed by atoms with E-state index in [0.717, 1.165) is 0 Å². The number of ether oxygens (including phenoxy) is 1. The Morgan fingerprint density at radius 3 is 2.43 bits per heavy atom. The van der Waals surface area contributed by atoms with E-state index in [1.165, 1.54) is 18.3 Å². The number of carbonyl (C=O) groups is 1. The molecule has 0 radical (unpaired) electrons. The molecule has 0 saturated heterocycles. The van der Waals surface area contributed by atoms with Crippen LogP contribution in [0.3, 0.4) is 0 Å². The van der Waals surface area contributed by atoms with Crippen molar-refractivity contribution in [1.29, 1.82) is 0 Å². The zero-order valence-electron chi connectivity index (χ0n) is 11.9. The van der Waals surface area contributed by atoms with Gasteiger partial charge in [0.2, 0.25) is 11.8 Å². The Morgan fingerprint density at radius 2 is 1.91 bits per heavy atom. The van der Waals surface area contributed by atoms with Crippen molar-refractivity contribution in [3.05, 3.63) is 54.2 Å². The van der Waals surface area contributed by atoms with Gasteiger partial charge in [0, 0.05) is 6.07 Å². The van der Waals surface area contributed by atoms with E-state index in [-0.39, 0.29) is 5.88 Å². The van der Waals surface area contributed by atoms with Gasteiger partial charge in [-0.1, -0.05) is 30.3 Å². The number of nitrogens with one attached hydrogen (secondary N) is 1. The van der Waals surface area contributed by atoms with Crippen molar-refractivity contribution in [1.82, 2.24) is 4.98 Å². The molecule has 8 heteroatoms. The summed E-state index contributed by atoms with van der Waals surface area (Å²) in [5.41, 5.74) is 6.46. The fourth-order valence-electron chi connectivity index (χ4n) is 1.84. The van der Waals surface area contributed by atoms with Crippen LogP contribution in [0.2, 0.25) is 0 Å². The predicted molar refractivity (Wildman–Crippen MR) is 77.8 cm³/mol. The summed E-state index contributed by atoms with van der Waals surface area (Å²) in [7, 11) is 0. The second-order valence-electron chi connectivity index (χ2n) is 4.68. The summed E-state index contributed by atoms with van der Waals surface area (Å²) >= 11 is 0. The molecule has 5 nitrogen and oxygen atoms in total. The maximum atomic E-state index is 12.1. The Morgan fingerprint density at radius 1 is 1.22 bits per heavy atom. The predicted octanol–water partition coefficient (Wildman–Crippen LogP) is 2.66. The summed E-state index contributed by atoms with van der Waals surface area (Å²) < 4.78 is 40.7. The highest BCUT2D eigenvalue weighted by molar-refractivity contribution is 5.84. The molecule has 0 saturated carbocycles. The first-order chi connectivity index (χ1) is 10.8. The SMILES string of the molecule is NC(=O)C(Nc1ccc(OCC(F)(F)F)nc1)c1ccccc1. The molecule has 3 N–H and O–H groups in total. The van der Waals surface area contributed by atoms with Gasteiger partial charge in [-0.2, -0.15) is 13.2 Å². The van der Waals surface area contributed by atoms with Crippen LogP contribution in [-0.4, -0.2) is 23.7 Å². The normalized spacial score (nSPS) is 12.5. The van der Waals surface area contributed by atoms with Gasteiger partial charge in [0.05, 0.1) is 11.9 Å². The molecule has 23 heavy (non-hydrogen) atoms. The summed E-state index contributed by atoms with van der Waals surface area (Å²) in [6, 6.07) is 10.7. The molecule has 1 aromatic carbocycles. The number of amides is 1. The fourth-order valence-corrected chi connectivity index (χ4v) is 1.84. The summed E-state index contributed by atoms with van der Waals surface area (Å²) in [4.78, 5) is 15.3. The number of rotatable bonds is 6. The van der Waals surface area contributed by atoms with Gasteiger partial charge in [-0.05, 0) is 11.6 Å². The number of nitrogens with zero attached hydrogens (tertiary/aromatic N) is 1. The fraction of sp³-hybridized carbons (Fsp3) is 0.200. The highest BCUT2D eigenvalue weighted by Gasteiger charge is 2.28. The second kappa shape index (κ2) is 6.99. The van der Waals surface area contributed by atoms with Gasteiger partial charge in [-0.3, -0.25) is 4.79 Å². The van der Waals surface area contributed by atoms with E-state index < -0.39 is 24.7 Å². The zero-order chi connectivity index (χ0) is 16.9. The number of hydrogen-bond acceptors (Lipinski definition) is 4. The van der Waals surface area contributed by atoms with Crippen LogP contribution in [0, 0.1) is 0 Å². The quantitative estimate of drug-likeness (QED) is 0.856. The molecule has 1 heterocycles. The molecule has 1 atom stereocenters. The van der Waals surface area contributed by atoms with Gasteiger partial charge in [-0.15, -0.1) is 0 Å². The summed E-state index contributed by atoms with van der Waals surface area (Å²) in [6.07, 6.45) is -3.16. The van der Waals surface area contributed by atoms with Crippen molar-refractivity contribution in [2.24, 2.45) is 5.73 Å². The van der Waals surface area contributed by atoms with E-state index in [2.05, 4.69) is 15.0 Å². The lowest BCUT2D eigenvalue weighted by molar-refractivity contribution is -0.154. The Balaban J connectivity index is 2.05. The van der Waals surface area contributed by atoms with Crippen LogP contribution in [0.25, 0.3) is 0 Å². The van der Waals surface area contributed by atoms with Crippen LogP contribution in [0.5, 0.6) is 5.88 Å². The first-order valence-corrected chi connectivity index (χ1v) is 6.61. The lowest BCUT2D eigenvalue weighted by Crippen LogP contribution is -2.27. The number of benzene rings is 1. The number of pyridine rings is 1. The van der Waals surface area contributed by atoms with E-state index in [1.54, 1.807) is 30.3 Å². The van der Waals surface area contributed by atoms with E-state index in [1.807, 2.05) is 0 Å². The first-order valence-electron chi connectivity index (χ1n) is 6.61. The number of halogens is 3. The Hall–Kier alpha value is -2.77. The molecule has 1 aromatic heterocycles. The van der Waals surface area contributed by atoms with Crippen molar-refractivity contribution in [3.8, 4) is 5.88 Å². The van der Waals surface area contributed by atoms with Crippen molar-refractivity contribution >= 4 is 11.6 Å². The van der Waals surface area contributed by atoms with Gasteiger partial charge >= 0.3 is 6.18 Å². The monoisotopic (exact) mass is 325 g/mol. The molecule has 122 valence electrons. The number of anilines is 1. The van der Waals surface area contributed by atoms with Gasteiger partial charge in [0.25, 0.3) is 0 Å².